The second-order valence-corrected chi connectivity index (χ2v) is 4.51. The molecule has 6 nitrogen and oxygen atoms in total. The van der Waals surface area contributed by atoms with E-state index in [2.05, 4.69) is 16.2 Å². The number of rotatable bonds is 4. The second-order valence-electron chi connectivity index (χ2n) is 4.10. The lowest BCUT2D eigenvalue weighted by Gasteiger charge is -2.16. The Morgan fingerprint density at radius 1 is 1.50 bits per heavy atom. The summed E-state index contributed by atoms with van der Waals surface area (Å²) >= 11 is 5.02. The highest BCUT2D eigenvalue weighted by Crippen LogP contribution is 2.03. The number of benzene rings is 1. The SMILES string of the molecule is COC[C@@H](C)NC(=S)NNC(=O)c1cccc(C#N)c1. The quantitative estimate of drug-likeness (QED) is 0.559. The Morgan fingerprint density at radius 3 is 2.90 bits per heavy atom. The van der Waals surface area contributed by atoms with Gasteiger partial charge in [0, 0.05) is 18.7 Å². The van der Waals surface area contributed by atoms with Gasteiger partial charge in [0.15, 0.2) is 5.11 Å². The summed E-state index contributed by atoms with van der Waals surface area (Å²) in [6, 6.07) is 8.39. The van der Waals surface area contributed by atoms with E-state index >= 15 is 0 Å². The molecule has 1 rings (SSSR count). The number of hydrogen-bond acceptors (Lipinski definition) is 4. The summed E-state index contributed by atoms with van der Waals surface area (Å²) in [5.41, 5.74) is 5.85. The molecule has 0 aliphatic heterocycles. The van der Waals surface area contributed by atoms with E-state index < -0.39 is 0 Å². The first kappa shape index (κ1) is 15.9. The van der Waals surface area contributed by atoms with Crippen molar-refractivity contribution in [2.24, 2.45) is 0 Å². The monoisotopic (exact) mass is 292 g/mol. The minimum absolute atomic E-state index is 0.0267. The van der Waals surface area contributed by atoms with Gasteiger partial charge in [-0.1, -0.05) is 6.07 Å². The first-order chi connectivity index (χ1) is 9.56. The Morgan fingerprint density at radius 2 is 2.25 bits per heavy atom. The molecule has 0 bridgehead atoms. The molecule has 0 fully saturated rings. The standard InChI is InChI=1S/C13H16N4O2S/c1-9(8-19-2)15-13(20)17-16-12(18)11-5-3-4-10(6-11)7-14/h3-6,9H,8H2,1-2H3,(H,16,18)(H2,15,17,20)/t9-/m1/s1. The van der Waals surface area contributed by atoms with Gasteiger partial charge in [0.1, 0.15) is 0 Å². The van der Waals surface area contributed by atoms with Gasteiger partial charge < -0.3 is 10.1 Å². The van der Waals surface area contributed by atoms with Crippen molar-refractivity contribution in [2.45, 2.75) is 13.0 Å². The molecule has 0 heterocycles. The maximum atomic E-state index is 11.8. The number of nitrogens with zero attached hydrogens (tertiary/aromatic N) is 1. The van der Waals surface area contributed by atoms with E-state index in [0.717, 1.165) is 0 Å². The number of ether oxygens (including phenoxy) is 1. The number of thiocarbonyl (C=S) groups is 1. The zero-order chi connectivity index (χ0) is 15.0. The second kappa shape index (κ2) is 8.09. The Labute approximate surface area is 123 Å². The van der Waals surface area contributed by atoms with E-state index in [4.69, 9.17) is 22.2 Å². The third-order valence-corrected chi connectivity index (χ3v) is 2.56. The summed E-state index contributed by atoms with van der Waals surface area (Å²) in [7, 11) is 1.60. The maximum Gasteiger partial charge on any atom is 0.269 e. The molecule has 7 heteroatoms. The molecular formula is C13H16N4O2S. The van der Waals surface area contributed by atoms with Crippen molar-refractivity contribution < 1.29 is 9.53 Å². The van der Waals surface area contributed by atoms with Gasteiger partial charge in [-0.3, -0.25) is 15.6 Å². The Balaban J connectivity index is 2.47. The summed E-state index contributed by atoms with van der Waals surface area (Å²) < 4.78 is 4.96. The number of amides is 1. The number of carbonyl (C=O) groups excluding carboxylic acids is 1. The van der Waals surface area contributed by atoms with Gasteiger partial charge in [0.2, 0.25) is 0 Å². The highest BCUT2D eigenvalue weighted by molar-refractivity contribution is 7.80. The molecule has 20 heavy (non-hydrogen) atoms. The van der Waals surface area contributed by atoms with Gasteiger partial charge in [-0.15, -0.1) is 0 Å². The van der Waals surface area contributed by atoms with Crippen LogP contribution in [0.2, 0.25) is 0 Å². The fourth-order valence-corrected chi connectivity index (χ4v) is 1.72. The number of nitrogens with one attached hydrogen (secondary N) is 3. The van der Waals surface area contributed by atoms with Crippen molar-refractivity contribution in [1.29, 1.82) is 5.26 Å². The molecule has 3 N–H and O–H groups in total. The Kier molecular flexibility index (Phi) is 6.43. The van der Waals surface area contributed by atoms with Crippen molar-refractivity contribution >= 4 is 23.2 Å². The lowest BCUT2D eigenvalue weighted by atomic mass is 10.1. The zero-order valence-electron chi connectivity index (χ0n) is 11.3. The summed E-state index contributed by atoms with van der Waals surface area (Å²) in [5.74, 6) is -0.370. The van der Waals surface area contributed by atoms with E-state index in [-0.39, 0.29) is 11.9 Å². The van der Waals surface area contributed by atoms with Gasteiger partial charge in [0.25, 0.3) is 5.91 Å². The molecule has 0 unspecified atom stereocenters. The van der Waals surface area contributed by atoms with Crippen molar-refractivity contribution in [3.63, 3.8) is 0 Å². The lowest BCUT2D eigenvalue weighted by molar-refractivity contribution is 0.0943. The smallest absolute Gasteiger partial charge is 0.269 e. The minimum Gasteiger partial charge on any atom is -0.383 e. The van der Waals surface area contributed by atoms with Crippen molar-refractivity contribution in [3.05, 3.63) is 35.4 Å². The fraction of sp³-hybridized carbons (Fsp3) is 0.308. The summed E-state index contributed by atoms with van der Waals surface area (Å²) in [4.78, 5) is 11.8. The maximum absolute atomic E-state index is 11.8. The molecule has 1 atom stereocenters. The van der Waals surface area contributed by atoms with Crippen molar-refractivity contribution in [3.8, 4) is 6.07 Å². The van der Waals surface area contributed by atoms with E-state index in [1.165, 1.54) is 6.07 Å². The fourth-order valence-electron chi connectivity index (χ4n) is 1.47. The molecule has 0 aliphatic rings. The molecule has 1 amide bonds. The number of hydrazine groups is 1. The number of methoxy groups -OCH3 is 1. The van der Waals surface area contributed by atoms with E-state index in [9.17, 15) is 4.79 Å². The molecule has 0 saturated carbocycles. The summed E-state index contributed by atoms with van der Waals surface area (Å²) in [6.07, 6.45) is 0. The van der Waals surface area contributed by atoms with Crippen LogP contribution in [-0.4, -0.2) is 30.8 Å². The topological polar surface area (TPSA) is 86.2 Å². The van der Waals surface area contributed by atoms with Crippen LogP contribution >= 0.6 is 12.2 Å². The predicted octanol–water partition coefficient (Wildman–Crippen LogP) is 0.702. The molecule has 1 aromatic rings. The van der Waals surface area contributed by atoms with Gasteiger partial charge in [-0.25, -0.2) is 0 Å². The third-order valence-electron chi connectivity index (χ3n) is 2.34. The van der Waals surface area contributed by atoms with Crippen LogP contribution in [0, 0.1) is 11.3 Å². The molecule has 0 aromatic heterocycles. The highest BCUT2D eigenvalue weighted by atomic mass is 32.1. The van der Waals surface area contributed by atoms with Crippen LogP contribution in [0.1, 0.15) is 22.8 Å². The normalized spacial score (nSPS) is 11.1. The summed E-state index contributed by atoms with van der Waals surface area (Å²) in [6.45, 7) is 2.40. The molecule has 0 saturated heterocycles. The molecule has 0 radical (unpaired) electrons. The van der Waals surface area contributed by atoms with Crippen molar-refractivity contribution in [1.82, 2.24) is 16.2 Å². The number of hydrogen-bond donors (Lipinski definition) is 3. The molecule has 106 valence electrons. The number of nitriles is 1. The van der Waals surface area contributed by atoms with Crippen LogP contribution in [-0.2, 0) is 4.74 Å². The predicted molar refractivity (Wildman–Crippen MR) is 78.8 cm³/mol. The van der Waals surface area contributed by atoms with E-state index in [0.29, 0.717) is 22.8 Å². The number of carbonyl (C=O) groups is 1. The Bertz CT molecular complexity index is 527. The molecular weight excluding hydrogens is 276 g/mol. The third kappa shape index (κ3) is 5.22. The van der Waals surface area contributed by atoms with E-state index in [1.54, 1.807) is 25.3 Å². The first-order valence-electron chi connectivity index (χ1n) is 5.92. The van der Waals surface area contributed by atoms with Crippen LogP contribution in [0.15, 0.2) is 24.3 Å². The van der Waals surface area contributed by atoms with Gasteiger partial charge in [-0.2, -0.15) is 5.26 Å². The van der Waals surface area contributed by atoms with Crippen LogP contribution in [0.25, 0.3) is 0 Å². The van der Waals surface area contributed by atoms with Crippen LogP contribution < -0.4 is 16.2 Å². The first-order valence-corrected chi connectivity index (χ1v) is 6.33. The van der Waals surface area contributed by atoms with Gasteiger partial charge in [-0.05, 0) is 37.3 Å². The minimum atomic E-state index is -0.370. The van der Waals surface area contributed by atoms with Crippen LogP contribution in [0.3, 0.4) is 0 Å². The lowest BCUT2D eigenvalue weighted by Crippen LogP contribution is -2.49. The summed E-state index contributed by atoms with van der Waals surface area (Å²) in [5, 5.41) is 12.0. The molecule has 0 aliphatic carbocycles. The molecule has 0 spiro atoms. The van der Waals surface area contributed by atoms with Gasteiger partial charge >= 0.3 is 0 Å². The average molecular weight is 292 g/mol. The zero-order valence-corrected chi connectivity index (χ0v) is 12.1. The van der Waals surface area contributed by atoms with Crippen molar-refractivity contribution in [2.75, 3.05) is 13.7 Å². The highest BCUT2D eigenvalue weighted by Gasteiger charge is 2.07. The average Bonchev–Trinajstić information content (AvgIpc) is 2.45. The van der Waals surface area contributed by atoms with Gasteiger partial charge in [0.05, 0.1) is 18.2 Å². The molecule has 1 aromatic carbocycles. The largest absolute Gasteiger partial charge is 0.383 e. The van der Waals surface area contributed by atoms with E-state index in [1.807, 2.05) is 13.0 Å². The Hall–Kier alpha value is -2.17. The van der Waals surface area contributed by atoms with Crippen LogP contribution in [0.5, 0.6) is 0 Å². The van der Waals surface area contributed by atoms with Crippen LogP contribution in [0.4, 0.5) is 0 Å².